The number of aromatic nitrogens is 1. The van der Waals surface area contributed by atoms with Crippen LogP contribution in [0.3, 0.4) is 0 Å². The van der Waals surface area contributed by atoms with Gasteiger partial charge < -0.3 is 25.8 Å². The van der Waals surface area contributed by atoms with Gasteiger partial charge in [0.2, 0.25) is 5.88 Å². The van der Waals surface area contributed by atoms with Crippen LogP contribution in [0.15, 0.2) is 18.2 Å². The number of anilines is 1. The van der Waals surface area contributed by atoms with Gasteiger partial charge >= 0.3 is 6.03 Å². The standard InChI is InChI=1S/C22H29F2N5O4S/c1-13(15-7-4-8-16(23)18(15)24)33-20-17(19(25)31)21(34-28-20)27-22(32)26-9-2-3-10-29-11-5-6-14(30)12-29/h4,7-8,13-14,30H,2-3,5-6,9-12H2,1H3,(H2,25,31)(H2,26,27,32). The van der Waals surface area contributed by atoms with Crippen molar-refractivity contribution in [2.45, 2.75) is 44.8 Å². The SMILES string of the molecule is CC(Oc1nsc(NC(=O)NCCCCN2CCCC(O)C2)c1C(N)=O)c1cccc(F)c1F. The number of amides is 3. The summed E-state index contributed by atoms with van der Waals surface area (Å²) in [4.78, 5) is 26.4. The molecule has 1 aromatic carbocycles. The summed E-state index contributed by atoms with van der Waals surface area (Å²) < 4.78 is 37.1. The van der Waals surface area contributed by atoms with E-state index in [1.807, 2.05) is 0 Å². The molecule has 0 bridgehead atoms. The van der Waals surface area contributed by atoms with Crippen molar-refractivity contribution in [3.05, 3.63) is 41.0 Å². The average molecular weight is 498 g/mol. The molecule has 0 saturated carbocycles. The molecule has 0 radical (unpaired) electrons. The van der Waals surface area contributed by atoms with E-state index in [0.29, 0.717) is 13.1 Å². The van der Waals surface area contributed by atoms with Crippen molar-refractivity contribution in [2.75, 3.05) is 31.5 Å². The minimum absolute atomic E-state index is 0.0465. The molecule has 2 heterocycles. The van der Waals surface area contributed by atoms with Gasteiger partial charge in [-0.25, -0.2) is 13.6 Å². The lowest BCUT2D eigenvalue weighted by Gasteiger charge is -2.29. The summed E-state index contributed by atoms with van der Waals surface area (Å²) >= 11 is 0.794. The number of aliphatic hydroxyl groups excluding tert-OH is 1. The number of urea groups is 1. The van der Waals surface area contributed by atoms with E-state index in [9.17, 15) is 23.5 Å². The Morgan fingerprint density at radius 3 is 2.91 bits per heavy atom. The third-order valence-corrected chi connectivity index (χ3v) is 6.26. The minimum atomic E-state index is -1.06. The van der Waals surface area contributed by atoms with Gasteiger partial charge in [-0.15, -0.1) is 0 Å². The third-order valence-electron chi connectivity index (χ3n) is 5.51. The summed E-state index contributed by atoms with van der Waals surface area (Å²) in [5, 5.41) is 15.0. The van der Waals surface area contributed by atoms with Crippen molar-refractivity contribution in [1.29, 1.82) is 0 Å². The Balaban J connectivity index is 1.51. The van der Waals surface area contributed by atoms with Crippen LogP contribution in [0.2, 0.25) is 0 Å². The second-order valence-corrected chi connectivity index (χ2v) is 8.92. The summed E-state index contributed by atoms with van der Waals surface area (Å²) in [6.45, 7) is 4.41. The maximum atomic E-state index is 14.0. The molecule has 1 saturated heterocycles. The molecule has 1 aromatic heterocycles. The monoisotopic (exact) mass is 497 g/mol. The van der Waals surface area contributed by atoms with Crippen LogP contribution in [0.25, 0.3) is 0 Å². The van der Waals surface area contributed by atoms with Crippen LogP contribution in [-0.2, 0) is 0 Å². The molecule has 9 nitrogen and oxygen atoms in total. The molecule has 0 spiro atoms. The zero-order valence-electron chi connectivity index (χ0n) is 18.9. The molecule has 186 valence electrons. The number of nitrogens with one attached hydrogen (secondary N) is 2. The van der Waals surface area contributed by atoms with Gasteiger partial charge in [-0.2, -0.15) is 4.37 Å². The van der Waals surface area contributed by atoms with Gasteiger partial charge in [-0.05, 0) is 63.3 Å². The van der Waals surface area contributed by atoms with E-state index >= 15 is 0 Å². The quantitative estimate of drug-likeness (QED) is 0.374. The maximum absolute atomic E-state index is 14.0. The number of carbonyl (C=O) groups is 2. The fourth-order valence-corrected chi connectivity index (χ4v) is 4.49. The predicted octanol–water partition coefficient (Wildman–Crippen LogP) is 3.02. The lowest BCUT2D eigenvalue weighted by molar-refractivity contribution is 0.0699. The number of benzene rings is 1. The number of piperidine rings is 1. The lowest BCUT2D eigenvalue weighted by atomic mass is 10.1. The fourth-order valence-electron chi connectivity index (χ4n) is 3.77. The van der Waals surface area contributed by atoms with Crippen LogP contribution in [0, 0.1) is 11.6 Å². The summed E-state index contributed by atoms with van der Waals surface area (Å²) in [5.41, 5.74) is 5.25. The van der Waals surface area contributed by atoms with E-state index < -0.39 is 29.7 Å². The molecule has 1 aliphatic heterocycles. The van der Waals surface area contributed by atoms with Gasteiger partial charge in [0.25, 0.3) is 5.91 Å². The topological polar surface area (TPSA) is 130 Å². The van der Waals surface area contributed by atoms with Crippen LogP contribution >= 0.6 is 11.5 Å². The first-order valence-corrected chi connectivity index (χ1v) is 11.9. The molecule has 12 heteroatoms. The Morgan fingerprint density at radius 1 is 1.38 bits per heavy atom. The van der Waals surface area contributed by atoms with E-state index in [-0.39, 0.29) is 28.1 Å². The van der Waals surface area contributed by atoms with E-state index in [1.54, 1.807) is 0 Å². The highest BCUT2D eigenvalue weighted by atomic mass is 32.1. The van der Waals surface area contributed by atoms with E-state index in [0.717, 1.165) is 56.4 Å². The summed E-state index contributed by atoms with van der Waals surface area (Å²) in [6, 6.07) is 3.16. The Morgan fingerprint density at radius 2 is 2.18 bits per heavy atom. The summed E-state index contributed by atoms with van der Waals surface area (Å²) in [5.74, 6) is -3.13. The number of β-amino-alcohol motifs (C(OH)–C–C–N with tert-alkyl or cyclic N) is 1. The van der Waals surface area contributed by atoms with Crippen molar-refractivity contribution in [2.24, 2.45) is 5.73 Å². The molecule has 2 atom stereocenters. The number of hydrogen-bond acceptors (Lipinski definition) is 7. The Labute approximate surface area is 200 Å². The second kappa shape index (κ2) is 12.0. The largest absolute Gasteiger partial charge is 0.468 e. The van der Waals surface area contributed by atoms with E-state index in [2.05, 4.69) is 19.9 Å². The molecule has 1 aliphatic rings. The van der Waals surface area contributed by atoms with Gasteiger partial charge in [0, 0.05) is 18.7 Å². The van der Waals surface area contributed by atoms with Crippen molar-refractivity contribution >= 4 is 28.5 Å². The number of carbonyl (C=O) groups excluding carboxylic acids is 2. The smallest absolute Gasteiger partial charge is 0.319 e. The normalized spacial score (nSPS) is 17.2. The molecule has 34 heavy (non-hydrogen) atoms. The molecular formula is C22H29F2N5O4S. The Bertz CT molecular complexity index is 1010. The first-order chi connectivity index (χ1) is 16.3. The number of nitrogens with zero attached hydrogens (tertiary/aromatic N) is 2. The molecule has 1 fully saturated rings. The number of primary amides is 1. The number of rotatable bonds is 10. The van der Waals surface area contributed by atoms with E-state index in [1.165, 1.54) is 19.1 Å². The Hall–Kier alpha value is -2.83. The van der Waals surface area contributed by atoms with Gasteiger partial charge in [-0.1, -0.05) is 12.1 Å². The lowest BCUT2D eigenvalue weighted by Crippen LogP contribution is -2.39. The van der Waals surface area contributed by atoms with Crippen LogP contribution in [0.4, 0.5) is 18.6 Å². The number of halogens is 2. The van der Waals surface area contributed by atoms with Crippen LogP contribution in [-0.4, -0.2) is 58.6 Å². The van der Waals surface area contributed by atoms with Gasteiger partial charge in [0.15, 0.2) is 11.6 Å². The minimum Gasteiger partial charge on any atom is -0.468 e. The molecule has 2 unspecified atom stereocenters. The number of unbranched alkanes of at least 4 members (excludes halogenated alkanes) is 1. The third kappa shape index (κ3) is 6.84. The highest BCUT2D eigenvalue weighted by molar-refractivity contribution is 7.11. The molecule has 3 amide bonds. The van der Waals surface area contributed by atoms with Crippen LogP contribution in [0.1, 0.15) is 54.6 Å². The molecule has 3 rings (SSSR count). The number of hydrogen-bond donors (Lipinski definition) is 4. The van der Waals surface area contributed by atoms with Crippen molar-refractivity contribution in [3.8, 4) is 5.88 Å². The highest BCUT2D eigenvalue weighted by Gasteiger charge is 2.25. The number of aliphatic hydroxyl groups is 1. The average Bonchev–Trinajstić information content (AvgIpc) is 3.17. The maximum Gasteiger partial charge on any atom is 0.319 e. The second-order valence-electron chi connectivity index (χ2n) is 8.14. The zero-order valence-corrected chi connectivity index (χ0v) is 19.7. The zero-order chi connectivity index (χ0) is 24.7. The Kier molecular flexibility index (Phi) is 9.13. The van der Waals surface area contributed by atoms with Gasteiger partial charge in [-0.3, -0.25) is 10.1 Å². The van der Waals surface area contributed by atoms with Gasteiger partial charge in [0.05, 0.1) is 6.10 Å². The van der Waals surface area contributed by atoms with E-state index in [4.69, 9.17) is 10.5 Å². The molecule has 5 N–H and O–H groups in total. The van der Waals surface area contributed by atoms with Crippen molar-refractivity contribution < 1.29 is 28.2 Å². The van der Waals surface area contributed by atoms with Crippen LogP contribution in [0.5, 0.6) is 5.88 Å². The fraction of sp³-hybridized carbons (Fsp3) is 0.500. The van der Waals surface area contributed by atoms with Crippen LogP contribution < -0.4 is 21.1 Å². The first-order valence-electron chi connectivity index (χ1n) is 11.1. The van der Waals surface area contributed by atoms with Gasteiger partial charge in [0.1, 0.15) is 16.7 Å². The number of ether oxygens (including phenoxy) is 1. The highest BCUT2D eigenvalue weighted by Crippen LogP contribution is 2.33. The number of nitrogens with two attached hydrogens (primary N) is 1. The van der Waals surface area contributed by atoms with Crippen molar-refractivity contribution in [3.63, 3.8) is 0 Å². The predicted molar refractivity (Wildman–Crippen MR) is 124 cm³/mol. The first kappa shape index (κ1) is 25.8. The molecular weight excluding hydrogens is 468 g/mol. The number of likely N-dealkylation sites (tertiary alicyclic amines) is 1. The molecule has 2 aromatic rings. The summed E-state index contributed by atoms with van der Waals surface area (Å²) in [7, 11) is 0. The van der Waals surface area contributed by atoms with Crippen molar-refractivity contribution in [1.82, 2.24) is 14.6 Å². The molecule has 0 aliphatic carbocycles. The summed E-state index contributed by atoms with van der Waals surface area (Å²) in [6.07, 6.45) is 2.22.